The number of halogens is 1. The number of benzene rings is 1. The molecule has 3 aromatic heterocycles. The molecule has 5 atom stereocenters. The standard InChI is InChI=1S/C18H16BrN6O6P/c19-17-22-11-14(25(17)16-12(26)13-10(30-16)6-29-32(28)31-13)23-18-21-9(5-24(18)15(11)27)7-1-3-8(20)4-2-7/h1-5,10,12-13,16,26,28H,6,20H2,(H,21,23)/t10?,12-,13+,16+,32?/m0/s1. The molecule has 12 nitrogen and oxygen atoms in total. The number of nitrogens with two attached hydrogens (primary N) is 1. The topological polar surface area (TPSA) is 162 Å². The molecule has 5 heterocycles. The zero-order chi connectivity index (χ0) is 22.1. The minimum absolute atomic E-state index is 0.0760. The largest absolute Gasteiger partial charge is 0.399 e. The van der Waals surface area contributed by atoms with Gasteiger partial charge in [0.1, 0.15) is 18.3 Å². The smallest absolute Gasteiger partial charge is 0.330 e. The average Bonchev–Trinajstić information content (AvgIpc) is 3.43. The maximum absolute atomic E-state index is 13.2. The third kappa shape index (κ3) is 3.01. The second-order valence-electron chi connectivity index (χ2n) is 7.48. The Morgan fingerprint density at radius 1 is 1.28 bits per heavy atom. The second kappa shape index (κ2) is 7.32. The van der Waals surface area contributed by atoms with Crippen LogP contribution in [0.5, 0.6) is 0 Å². The van der Waals surface area contributed by atoms with Gasteiger partial charge in [0.15, 0.2) is 22.1 Å². The van der Waals surface area contributed by atoms with Crippen LogP contribution in [0.3, 0.4) is 0 Å². The quantitative estimate of drug-likeness (QED) is 0.172. The van der Waals surface area contributed by atoms with E-state index in [9.17, 15) is 14.8 Å². The van der Waals surface area contributed by atoms with Gasteiger partial charge in [-0.05, 0) is 33.6 Å². The van der Waals surface area contributed by atoms with Gasteiger partial charge in [0.05, 0.1) is 12.3 Å². The number of aliphatic hydroxyl groups excluding tert-OH is 1. The summed E-state index contributed by atoms with van der Waals surface area (Å²) in [6.45, 7) is 0.0760. The van der Waals surface area contributed by atoms with Crippen molar-refractivity contribution in [1.82, 2.24) is 23.9 Å². The van der Waals surface area contributed by atoms with Crippen molar-refractivity contribution < 1.29 is 23.8 Å². The number of aromatic amines is 1. The lowest BCUT2D eigenvalue weighted by atomic mass is 10.1. The predicted octanol–water partition coefficient (Wildman–Crippen LogP) is 1.28. The van der Waals surface area contributed by atoms with E-state index in [0.717, 1.165) is 5.56 Å². The third-order valence-corrected chi connectivity index (χ3v) is 6.91. The van der Waals surface area contributed by atoms with E-state index in [2.05, 4.69) is 30.9 Å². The van der Waals surface area contributed by atoms with Gasteiger partial charge in [0, 0.05) is 11.9 Å². The van der Waals surface area contributed by atoms with Crippen LogP contribution >= 0.6 is 24.5 Å². The summed E-state index contributed by atoms with van der Waals surface area (Å²) in [7, 11) is -2.08. The molecule has 5 N–H and O–H groups in total. The second-order valence-corrected chi connectivity index (χ2v) is 9.14. The van der Waals surface area contributed by atoms with Crippen molar-refractivity contribution in [2.45, 2.75) is 24.5 Å². The lowest BCUT2D eigenvalue weighted by Crippen LogP contribution is -2.38. The molecule has 0 bridgehead atoms. The molecule has 14 heteroatoms. The fourth-order valence-electron chi connectivity index (χ4n) is 4.01. The molecule has 0 spiro atoms. The van der Waals surface area contributed by atoms with E-state index < -0.39 is 33.1 Å². The van der Waals surface area contributed by atoms with E-state index >= 15 is 0 Å². The van der Waals surface area contributed by atoms with Crippen LogP contribution in [0.4, 0.5) is 5.69 Å². The number of nitrogens with zero attached hydrogens (tertiary/aromatic N) is 4. The maximum Gasteiger partial charge on any atom is 0.330 e. The van der Waals surface area contributed by atoms with Gasteiger partial charge in [0.25, 0.3) is 5.56 Å². The summed E-state index contributed by atoms with van der Waals surface area (Å²) < 4.78 is 19.5. The van der Waals surface area contributed by atoms with Crippen molar-refractivity contribution in [2.24, 2.45) is 0 Å². The van der Waals surface area contributed by atoms with Gasteiger partial charge in [-0.2, -0.15) is 4.98 Å². The highest BCUT2D eigenvalue weighted by molar-refractivity contribution is 9.10. The molecule has 2 fully saturated rings. The molecule has 2 saturated heterocycles. The van der Waals surface area contributed by atoms with Crippen LogP contribution in [0, 0.1) is 0 Å². The summed E-state index contributed by atoms with van der Waals surface area (Å²) in [5.41, 5.74) is 7.84. The molecule has 0 amide bonds. The van der Waals surface area contributed by atoms with Crippen molar-refractivity contribution in [2.75, 3.05) is 12.3 Å². The van der Waals surface area contributed by atoms with Crippen LogP contribution < -0.4 is 11.3 Å². The first kappa shape index (κ1) is 20.2. The number of imidazole rings is 2. The summed E-state index contributed by atoms with van der Waals surface area (Å²) in [5.74, 6) is 0.298. The first-order valence-corrected chi connectivity index (χ1v) is 11.5. The first-order chi connectivity index (χ1) is 15.4. The Bertz CT molecular complexity index is 1400. The van der Waals surface area contributed by atoms with Gasteiger partial charge in [0.2, 0.25) is 5.78 Å². The van der Waals surface area contributed by atoms with Crippen LogP contribution in [-0.4, -0.2) is 58.8 Å². The van der Waals surface area contributed by atoms with E-state index in [0.29, 0.717) is 17.2 Å². The van der Waals surface area contributed by atoms with Gasteiger partial charge >= 0.3 is 8.60 Å². The number of rotatable bonds is 2. The van der Waals surface area contributed by atoms with Gasteiger partial charge in [-0.3, -0.25) is 9.36 Å². The number of hydrogen-bond acceptors (Lipinski definition) is 9. The number of hydrogen-bond donors (Lipinski definition) is 4. The number of nitrogens with one attached hydrogen (secondary N) is 1. The highest BCUT2D eigenvalue weighted by Gasteiger charge is 2.50. The molecule has 32 heavy (non-hydrogen) atoms. The van der Waals surface area contributed by atoms with Crippen molar-refractivity contribution in [3.05, 3.63) is 45.5 Å². The summed E-state index contributed by atoms with van der Waals surface area (Å²) >= 11 is 3.34. The Morgan fingerprint density at radius 3 is 2.84 bits per heavy atom. The minimum Gasteiger partial charge on any atom is -0.399 e. The van der Waals surface area contributed by atoms with Crippen LogP contribution in [0.2, 0.25) is 0 Å². The molecule has 4 aromatic rings. The average molecular weight is 523 g/mol. The van der Waals surface area contributed by atoms with E-state index in [-0.39, 0.29) is 28.1 Å². The van der Waals surface area contributed by atoms with E-state index in [1.54, 1.807) is 18.3 Å². The van der Waals surface area contributed by atoms with Crippen LogP contribution in [-0.2, 0) is 13.8 Å². The third-order valence-electron chi connectivity index (χ3n) is 5.56. The van der Waals surface area contributed by atoms with E-state index in [4.69, 9.17) is 19.5 Å². The Balaban J connectivity index is 1.47. The molecule has 0 aliphatic carbocycles. The van der Waals surface area contributed by atoms with Crippen molar-refractivity contribution in [1.29, 1.82) is 0 Å². The molecule has 6 rings (SSSR count). The first-order valence-electron chi connectivity index (χ1n) is 9.57. The lowest BCUT2D eigenvalue weighted by molar-refractivity contribution is -0.0594. The molecule has 2 aliphatic heterocycles. The zero-order valence-corrected chi connectivity index (χ0v) is 18.6. The Hall–Kier alpha value is -2.38. The normalized spacial score (nSPS) is 27.9. The molecule has 0 radical (unpaired) electrons. The Morgan fingerprint density at radius 2 is 2.06 bits per heavy atom. The van der Waals surface area contributed by atoms with Gasteiger partial charge in [-0.15, -0.1) is 0 Å². The molecule has 2 aliphatic rings. The fraction of sp³-hybridized carbons (Fsp3) is 0.278. The van der Waals surface area contributed by atoms with Crippen LogP contribution in [0.25, 0.3) is 28.2 Å². The molecule has 2 unspecified atom stereocenters. The molecular weight excluding hydrogens is 507 g/mol. The van der Waals surface area contributed by atoms with Crippen molar-refractivity contribution in [3.8, 4) is 11.3 Å². The van der Waals surface area contributed by atoms with Gasteiger partial charge in [-0.25, -0.2) is 9.38 Å². The van der Waals surface area contributed by atoms with Crippen LogP contribution in [0.15, 0.2) is 40.0 Å². The van der Waals surface area contributed by atoms with Crippen molar-refractivity contribution in [3.63, 3.8) is 0 Å². The lowest BCUT2D eigenvalue weighted by Gasteiger charge is -2.27. The van der Waals surface area contributed by atoms with Crippen LogP contribution in [0.1, 0.15) is 6.23 Å². The summed E-state index contributed by atoms with van der Waals surface area (Å²) in [5, 5.41) is 10.8. The summed E-state index contributed by atoms with van der Waals surface area (Å²) in [6, 6.07) is 7.20. The van der Waals surface area contributed by atoms with E-state index in [1.165, 1.54) is 8.97 Å². The fourth-order valence-corrected chi connectivity index (χ4v) is 5.36. The number of aliphatic hydroxyl groups is 1. The van der Waals surface area contributed by atoms with Gasteiger partial charge in [-0.1, -0.05) is 12.1 Å². The predicted molar refractivity (Wildman–Crippen MR) is 117 cm³/mol. The molecule has 0 saturated carbocycles. The van der Waals surface area contributed by atoms with E-state index in [1.807, 2.05) is 12.1 Å². The zero-order valence-electron chi connectivity index (χ0n) is 16.1. The number of H-pyrrole nitrogens is 1. The number of nitrogen functional groups attached to an aromatic ring is 1. The molecular formula is C18H16BrN6O6P. The highest BCUT2D eigenvalue weighted by atomic mass is 79.9. The Kier molecular flexibility index (Phi) is 4.63. The summed E-state index contributed by atoms with van der Waals surface area (Å²) in [6.07, 6.45) is -1.80. The minimum atomic E-state index is -2.08. The van der Waals surface area contributed by atoms with Gasteiger partial charge < -0.3 is 34.5 Å². The number of fused-ring (bicyclic) bond motifs is 3. The monoisotopic (exact) mass is 522 g/mol. The molecule has 1 aromatic carbocycles. The SMILES string of the molecule is Nc1ccc(-c2cn3c(=O)c4nc(Br)n([C@@H]5OC6COP(O)O[C@H]6[C@@H]5O)c4nc3[nH]2)cc1. The highest BCUT2D eigenvalue weighted by Crippen LogP contribution is 2.47. The van der Waals surface area contributed by atoms with Crippen molar-refractivity contribution >= 4 is 47.2 Å². The number of aromatic nitrogens is 5. The summed E-state index contributed by atoms with van der Waals surface area (Å²) in [4.78, 5) is 34.8. The number of ether oxygens (including phenoxy) is 1. The maximum atomic E-state index is 13.2. The molecule has 166 valence electrons. The number of anilines is 1. The Labute approximate surface area is 188 Å².